The molecule has 12 heavy (non-hydrogen) atoms. The summed E-state index contributed by atoms with van der Waals surface area (Å²) in [6.07, 6.45) is 1.40. The van der Waals surface area contributed by atoms with E-state index in [-0.39, 0.29) is 0 Å². The number of hydrogen-bond donors (Lipinski definition) is 0. The van der Waals surface area contributed by atoms with Crippen molar-refractivity contribution in [2.45, 2.75) is 20.3 Å². The quantitative estimate of drug-likeness (QED) is 0.643. The molecule has 0 atom stereocenters. The van der Waals surface area contributed by atoms with Crippen LogP contribution >= 0.6 is 11.6 Å². The first-order chi connectivity index (χ1) is 5.65. The lowest BCUT2D eigenvalue weighted by Crippen LogP contribution is -1.94. The smallest absolute Gasteiger partial charge is 0.124 e. The van der Waals surface area contributed by atoms with Crippen molar-refractivity contribution < 1.29 is 4.79 Å². The van der Waals surface area contributed by atoms with Gasteiger partial charge in [0.15, 0.2) is 0 Å². The van der Waals surface area contributed by atoms with Crippen LogP contribution in [0.2, 0.25) is 5.02 Å². The molecule has 0 aliphatic rings. The fraction of sp³-hybridized carbons (Fsp3) is 0.300. The second kappa shape index (κ2) is 3.72. The Morgan fingerprint density at radius 2 is 1.83 bits per heavy atom. The van der Waals surface area contributed by atoms with Crippen LogP contribution in [0.3, 0.4) is 0 Å². The monoisotopic (exact) mass is 182 g/mol. The van der Waals surface area contributed by atoms with Gasteiger partial charge in [-0.1, -0.05) is 11.6 Å². The van der Waals surface area contributed by atoms with Gasteiger partial charge in [-0.05, 0) is 42.7 Å². The molecule has 0 heterocycles. The largest absolute Gasteiger partial charge is 0.303 e. The number of halogens is 1. The molecule has 0 aromatic heterocycles. The van der Waals surface area contributed by atoms with Crippen LogP contribution < -0.4 is 0 Å². The van der Waals surface area contributed by atoms with Crippen LogP contribution in [0.5, 0.6) is 0 Å². The van der Waals surface area contributed by atoms with Gasteiger partial charge in [0.1, 0.15) is 6.29 Å². The Morgan fingerprint density at radius 1 is 1.33 bits per heavy atom. The van der Waals surface area contributed by atoms with Gasteiger partial charge in [0.25, 0.3) is 0 Å². The van der Waals surface area contributed by atoms with Crippen molar-refractivity contribution in [3.63, 3.8) is 0 Å². The topological polar surface area (TPSA) is 17.1 Å². The number of carbonyl (C=O) groups excluding carboxylic acids is 1. The predicted octanol–water partition coefficient (Wildman–Crippen LogP) is 2.70. The summed E-state index contributed by atoms with van der Waals surface area (Å²) < 4.78 is 0. The highest BCUT2D eigenvalue weighted by molar-refractivity contribution is 6.30. The molecule has 1 aromatic carbocycles. The zero-order chi connectivity index (χ0) is 9.14. The zero-order valence-corrected chi connectivity index (χ0v) is 7.98. The average molecular weight is 183 g/mol. The Bertz CT molecular complexity index is 282. The Hall–Kier alpha value is -0.820. The molecule has 0 spiro atoms. The van der Waals surface area contributed by atoms with Crippen molar-refractivity contribution in [3.05, 3.63) is 33.8 Å². The average Bonchev–Trinajstić information content (AvgIpc) is 1.96. The maximum absolute atomic E-state index is 10.3. The van der Waals surface area contributed by atoms with E-state index in [1.165, 1.54) is 0 Å². The molecule has 0 bridgehead atoms. The van der Waals surface area contributed by atoms with Crippen LogP contribution in [0.15, 0.2) is 12.1 Å². The van der Waals surface area contributed by atoms with Crippen LogP contribution in [0.4, 0.5) is 0 Å². The van der Waals surface area contributed by atoms with E-state index in [9.17, 15) is 4.79 Å². The van der Waals surface area contributed by atoms with Gasteiger partial charge in [0.2, 0.25) is 0 Å². The minimum atomic E-state index is 0.481. The van der Waals surface area contributed by atoms with Crippen LogP contribution in [-0.4, -0.2) is 6.29 Å². The third kappa shape index (κ3) is 1.86. The standard InChI is InChI=1S/C10H11ClO/c1-7-5-9(11)6-8(2)10(7)3-4-12/h4-6H,3H2,1-2H3. The Morgan fingerprint density at radius 3 is 2.25 bits per heavy atom. The minimum Gasteiger partial charge on any atom is -0.303 e. The van der Waals surface area contributed by atoms with Gasteiger partial charge in [0.05, 0.1) is 0 Å². The SMILES string of the molecule is Cc1cc(Cl)cc(C)c1CC=O. The Balaban J connectivity index is 3.18. The summed E-state index contributed by atoms with van der Waals surface area (Å²) in [5, 5.41) is 0.736. The maximum Gasteiger partial charge on any atom is 0.124 e. The summed E-state index contributed by atoms with van der Waals surface area (Å²) in [5.74, 6) is 0. The molecule has 1 rings (SSSR count). The van der Waals surface area contributed by atoms with E-state index in [0.29, 0.717) is 6.42 Å². The van der Waals surface area contributed by atoms with E-state index in [0.717, 1.165) is 28.0 Å². The van der Waals surface area contributed by atoms with Gasteiger partial charge in [0, 0.05) is 11.4 Å². The molecule has 0 saturated heterocycles. The van der Waals surface area contributed by atoms with E-state index in [1.807, 2.05) is 26.0 Å². The highest BCUT2D eigenvalue weighted by Gasteiger charge is 2.02. The lowest BCUT2D eigenvalue weighted by molar-refractivity contribution is -0.107. The van der Waals surface area contributed by atoms with Gasteiger partial charge < -0.3 is 4.79 Å². The molecule has 1 aromatic rings. The van der Waals surface area contributed by atoms with E-state index >= 15 is 0 Å². The number of aldehydes is 1. The molecule has 2 heteroatoms. The third-order valence-electron chi connectivity index (χ3n) is 1.95. The number of carbonyl (C=O) groups is 1. The van der Waals surface area contributed by atoms with Crippen LogP contribution in [0.1, 0.15) is 16.7 Å². The second-order valence-electron chi connectivity index (χ2n) is 2.89. The fourth-order valence-corrected chi connectivity index (χ4v) is 1.67. The summed E-state index contributed by atoms with van der Waals surface area (Å²) >= 11 is 5.83. The molecule has 64 valence electrons. The van der Waals surface area contributed by atoms with Gasteiger partial charge >= 0.3 is 0 Å². The first kappa shape index (κ1) is 9.27. The summed E-state index contributed by atoms with van der Waals surface area (Å²) in [7, 11) is 0. The molecule has 0 aliphatic heterocycles. The Kier molecular flexibility index (Phi) is 2.88. The van der Waals surface area contributed by atoms with Crippen LogP contribution in [0.25, 0.3) is 0 Å². The summed E-state index contributed by atoms with van der Waals surface area (Å²) in [4.78, 5) is 10.3. The third-order valence-corrected chi connectivity index (χ3v) is 2.17. The van der Waals surface area contributed by atoms with Gasteiger partial charge in [-0.15, -0.1) is 0 Å². The van der Waals surface area contributed by atoms with E-state index in [4.69, 9.17) is 11.6 Å². The first-order valence-electron chi connectivity index (χ1n) is 3.84. The highest BCUT2D eigenvalue weighted by Crippen LogP contribution is 2.19. The van der Waals surface area contributed by atoms with Crippen LogP contribution in [0, 0.1) is 13.8 Å². The molecule has 0 amide bonds. The summed E-state index contributed by atoms with van der Waals surface area (Å²) in [6, 6.07) is 3.76. The van der Waals surface area contributed by atoms with Crippen molar-refractivity contribution in [3.8, 4) is 0 Å². The zero-order valence-electron chi connectivity index (χ0n) is 7.23. The van der Waals surface area contributed by atoms with Crippen molar-refractivity contribution >= 4 is 17.9 Å². The van der Waals surface area contributed by atoms with Crippen molar-refractivity contribution in [2.75, 3.05) is 0 Å². The number of benzene rings is 1. The second-order valence-corrected chi connectivity index (χ2v) is 3.33. The van der Waals surface area contributed by atoms with E-state index in [1.54, 1.807) is 0 Å². The number of aryl methyl sites for hydroxylation is 2. The normalized spacial score (nSPS) is 9.92. The van der Waals surface area contributed by atoms with E-state index in [2.05, 4.69) is 0 Å². The van der Waals surface area contributed by atoms with Gasteiger partial charge in [-0.25, -0.2) is 0 Å². The molecular formula is C10H11ClO. The fourth-order valence-electron chi connectivity index (χ4n) is 1.35. The highest BCUT2D eigenvalue weighted by atomic mass is 35.5. The van der Waals surface area contributed by atoms with E-state index < -0.39 is 0 Å². The van der Waals surface area contributed by atoms with Crippen LogP contribution in [-0.2, 0) is 11.2 Å². The maximum atomic E-state index is 10.3. The molecule has 0 aliphatic carbocycles. The van der Waals surface area contributed by atoms with Crippen molar-refractivity contribution in [1.29, 1.82) is 0 Å². The number of hydrogen-bond acceptors (Lipinski definition) is 1. The molecular weight excluding hydrogens is 172 g/mol. The summed E-state index contributed by atoms with van der Waals surface area (Å²) in [6.45, 7) is 3.94. The molecule has 0 radical (unpaired) electrons. The molecule has 1 nitrogen and oxygen atoms in total. The summed E-state index contributed by atoms with van der Waals surface area (Å²) in [5.41, 5.74) is 3.27. The number of rotatable bonds is 2. The lowest BCUT2D eigenvalue weighted by atomic mass is 10.0. The Labute approximate surface area is 77.4 Å². The lowest BCUT2D eigenvalue weighted by Gasteiger charge is -2.06. The molecule has 0 saturated carbocycles. The van der Waals surface area contributed by atoms with Gasteiger partial charge in [-0.3, -0.25) is 0 Å². The van der Waals surface area contributed by atoms with Gasteiger partial charge in [-0.2, -0.15) is 0 Å². The molecule has 0 N–H and O–H groups in total. The van der Waals surface area contributed by atoms with Crippen molar-refractivity contribution in [1.82, 2.24) is 0 Å². The minimum absolute atomic E-state index is 0.481. The van der Waals surface area contributed by atoms with Crippen molar-refractivity contribution in [2.24, 2.45) is 0 Å². The predicted molar refractivity (Wildman–Crippen MR) is 50.7 cm³/mol. The molecule has 0 fully saturated rings. The molecule has 0 unspecified atom stereocenters. The first-order valence-corrected chi connectivity index (χ1v) is 4.22.